The Bertz CT molecular complexity index is 1640. The molecule has 11 heteroatoms. The maximum absolute atomic E-state index is 13.0. The molecule has 0 spiro atoms. The van der Waals surface area contributed by atoms with E-state index < -0.39 is 6.36 Å². The number of urea groups is 1. The third-order valence-electron chi connectivity index (χ3n) is 7.94. The van der Waals surface area contributed by atoms with Gasteiger partial charge in [0.25, 0.3) is 0 Å². The zero-order chi connectivity index (χ0) is 32.1. The van der Waals surface area contributed by atoms with Crippen molar-refractivity contribution in [3.8, 4) is 22.8 Å². The molecule has 1 aliphatic rings. The molecule has 2 amide bonds. The fourth-order valence-corrected chi connectivity index (χ4v) is 5.86. The molecule has 1 atom stereocenters. The number of halogens is 3. The first-order valence-electron chi connectivity index (χ1n) is 15.1. The standard InChI is InChI=1S/C34H37F3N6O2/c1-5-25(20-38-33(44)40-30-8-6-7-17-42(30)31-23(3)18-22(2)19-24(31)4)26-9-11-27(12-10-26)32-39-21-43(41-32)28-13-15-29(16-14-28)45-34(35,36)37/h9-16,18-19,21,25H,5-8,17,20H2,1-4H3,(H,38,44). The van der Waals surface area contributed by atoms with Gasteiger partial charge in [0.2, 0.25) is 0 Å². The maximum atomic E-state index is 13.0. The molecule has 0 radical (unpaired) electrons. The van der Waals surface area contributed by atoms with E-state index in [1.807, 2.05) is 24.3 Å². The smallest absolute Gasteiger partial charge is 0.406 e. The Balaban J connectivity index is 1.22. The third-order valence-corrected chi connectivity index (χ3v) is 7.94. The molecule has 1 unspecified atom stereocenters. The van der Waals surface area contributed by atoms with Crippen LogP contribution in [0.25, 0.3) is 17.1 Å². The van der Waals surface area contributed by atoms with E-state index in [-0.39, 0.29) is 17.7 Å². The molecule has 0 aliphatic carbocycles. The van der Waals surface area contributed by atoms with E-state index >= 15 is 0 Å². The average Bonchev–Trinajstić information content (AvgIpc) is 3.48. The number of ether oxygens (including phenoxy) is 1. The molecular formula is C34H37F3N6O2. The minimum absolute atomic E-state index is 0.0928. The van der Waals surface area contributed by atoms with E-state index in [4.69, 9.17) is 0 Å². The second-order valence-electron chi connectivity index (χ2n) is 11.4. The van der Waals surface area contributed by atoms with Gasteiger partial charge in [-0.05, 0) is 81.0 Å². The summed E-state index contributed by atoms with van der Waals surface area (Å²) in [4.78, 5) is 24.1. The number of anilines is 1. The zero-order valence-corrected chi connectivity index (χ0v) is 25.9. The lowest BCUT2D eigenvalue weighted by Gasteiger charge is -2.33. The molecular weight excluding hydrogens is 581 g/mol. The van der Waals surface area contributed by atoms with Crippen LogP contribution in [0, 0.1) is 20.8 Å². The van der Waals surface area contributed by atoms with Crippen LogP contribution in [0.1, 0.15) is 60.8 Å². The van der Waals surface area contributed by atoms with Crippen molar-refractivity contribution in [1.82, 2.24) is 20.1 Å². The largest absolute Gasteiger partial charge is 0.573 e. The minimum Gasteiger partial charge on any atom is -0.406 e. The molecule has 1 saturated heterocycles. The zero-order valence-electron chi connectivity index (χ0n) is 25.9. The van der Waals surface area contributed by atoms with Gasteiger partial charge < -0.3 is 15.0 Å². The number of aliphatic imine (C=N–C) groups is 1. The van der Waals surface area contributed by atoms with Crippen LogP contribution in [0.15, 0.2) is 72.0 Å². The average molecular weight is 619 g/mol. The monoisotopic (exact) mass is 618 g/mol. The summed E-state index contributed by atoms with van der Waals surface area (Å²) < 4.78 is 42.7. The fourth-order valence-electron chi connectivity index (χ4n) is 5.86. The van der Waals surface area contributed by atoms with Gasteiger partial charge in [-0.3, -0.25) is 0 Å². The normalized spacial score (nSPS) is 15.3. The Morgan fingerprint density at radius 3 is 2.36 bits per heavy atom. The summed E-state index contributed by atoms with van der Waals surface area (Å²) in [5, 5.41) is 7.50. The first-order valence-corrected chi connectivity index (χ1v) is 15.1. The summed E-state index contributed by atoms with van der Waals surface area (Å²) in [7, 11) is 0. The Morgan fingerprint density at radius 1 is 1.02 bits per heavy atom. The first-order chi connectivity index (χ1) is 21.5. The van der Waals surface area contributed by atoms with Crippen molar-refractivity contribution in [2.24, 2.45) is 4.99 Å². The van der Waals surface area contributed by atoms with Gasteiger partial charge in [0.1, 0.15) is 17.9 Å². The highest BCUT2D eigenvalue weighted by Gasteiger charge is 2.31. The van der Waals surface area contributed by atoms with E-state index in [9.17, 15) is 18.0 Å². The highest BCUT2D eigenvalue weighted by atomic mass is 19.4. The number of nitrogens with one attached hydrogen (secondary N) is 1. The van der Waals surface area contributed by atoms with E-state index in [0.717, 1.165) is 54.9 Å². The molecule has 1 N–H and O–H groups in total. The van der Waals surface area contributed by atoms with Crippen molar-refractivity contribution in [2.45, 2.75) is 65.7 Å². The number of rotatable bonds is 8. The number of amidine groups is 1. The van der Waals surface area contributed by atoms with Crippen LogP contribution < -0.4 is 15.0 Å². The topological polar surface area (TPSA) is 84.6 Å². The van der Waals surface area contributed by atoms with Crippen LogP contribution in [-0.4, -0.2) is 46.1 Å². The molecule has 1 fully saturated rings. The molecule has 5 rings (SSSR count). The second kappa shape index (κ2) is 13.5. The molecule has 0 bridgehead atoms. The van der Waals surface area contributed by atoms with E-state index in [0.29, 0.717) is 18.1 Å². The summed E-state index contributed by atoms with van der Waals surface area (Å²) in [5.41, 5.74) is 7.15. The number of benzene rings is 3. The lowest BCUT2D eigenvalue weighted by atomic mass is 9.95. The SMILES string of the molecule is CCC(CNC(=O)N=C1CCCCN1c1c(C)cc(C)cc1C)c1ccc(-c2ncn(-c3ccc(OC(F)(F)F)cc3)n2)cc1. The number of amides is 2. The van der Waals surface area contributed by atoms with Crippen molar-refractivity contribution in [3.05, 3.63) is 89.2 Å². The molecule has 0 saturated carbocycles. The lowest BCUT2D eigenvalue weighted by molar-refractivity contribution is -0.274. The van der Waals surface area contributed by atoms with Crippen molar-refractivity contribution < 1.29 is 22.7 Å². The van der Waals surface area contributed by atoms with Crippen LogP contribution in [0.5, 0.6) is 5.75 Å². The van der Waals surface area contributed by atoms with Crippen molar-refractivity contribution in [1.29, 1.82) is 0 Å². The number of hydrogen-bond acceptors (Lipinski definition) is 4. The van der Waals surface area contributed by atoms with E-state index in [1.165, 1.54) is 52.0 Å². The van der Waals surface area contributed by atoms with Gasteiger partial charge in [-0.15, -0.1) is 18.3 Å². The van der Waals surface area contributed by atoms with Crippen LogP contribution in [0.2, 0.25) is 0 Å². The van der Waals surface area contributed by atoms with Gasteiger partial charge in [0.15, 0.2) is 5.82 Å². The molecule has 8 nitrogen and oxygen atoms in total. The van der Waals surface area contributed by atoms with Gasteiger partial charge >= 0.3 is 12.4 Å². The number of hydrogen-bond donors (Lipinski definition) is 1. The number of carbonyl (C=O) groups is 1. The molecule has 3 aromatic carbocycles. The molecule has 2 heterocycles. The van der Waals surface area contributed by atoms with Gasteiger partial charge in [0, 0.05) is 36.7 Å². The van der Waals surface area contributed by atoms with Crippen molar-refractivity contribution in [2.75, 3.05) is 18.0 Å². The molecule has 4 aromatic rings. The summed E-state index contributed by atoms with van der Waals surface area (Å²) in [5.74, 6) is 1.07. The van der Waals surface area contributed by atoms with Crippen LogP contribution in [0.4, 0.5) is 23.7 Å². The predicted octanol–water partition coefficient (Wildman–Crippen LogP) is 8.05. The minimum atomic E-state index is -4.75. The van der Waals surface area contributed by atoms with Crippen LogP contribution in [0.3, 0.4) is 0 Å². The van der Waals surface area contributed by atoms with E-state index in [1.54, 1.807) is 0 Å². The third kappa shape index (κ3) is 7.89. The second-order valence-corrected chi connectivity index (χ2v) is 11.4. The summed E-state index contributed by atoms with van der Waals surface area (Å²) in [6, 6.07) is 17.3. The predicted molar refractivity (Wildman–Crippen MR) is 169 cm³/mol. The van der Waals surface area contributed by atoms with Crippen molar-refractivity contribution >= 4 is 17.6 Å². The fraction of sp³-hybridized carbons (Fsp3) is 0.353. The summed E-state index contributed by atoms with van der Waals surface area (Å²) in [6.07, 6.45) is 0.412. The van der Waals surface area contributed by atoms with Gasteiger partial charge in [-0.2, -0.15) is 4.99 Å². The van der Waals surface area contributed by atoms with Gasteiger partial charge in [-0.25, -0.2) is 14.5 Å². The number of carbonyl (C=O) groups excluding carboxylic acids is 1. The highest BCUT2D eigenvalue weighted by Crippen LogP contribution is 2.30. The Kier molecular flexibility index (Phi) is 9.55. The molecule has 1 aliphatic heterocycles. The summed E-state index contributed by atoms with van der Waals surface area (Å²) in [6.45, 7) is 9.69. The Morgan fingerprint density at radius 2 is 1.71 bits per heavy atom. The number of aryl methyl sites for hydroxylation is 3. The molecule has 45 heavy (non-hydrogen) atoms. The van der Waals surface area contributed by atoms with Crippen LogP contribution in [-0.2, 0) is 0 Å². The van der Waals surface area contributed by atoms with Crippen molar-refractivity contribution in [3.63, 3.8) is 0 Å². The van der Waals surface area contributed by atoms with Crippen LogP contribution >= 0.6 is 0 Å². The van der Waals surface area contributed by atoms with E-state index in [2.05, 4.69) is 69.9 Å². The lowest BCUT2D eigenvalue weighted by Crippen LogP contribution is -2.38. The maximum Gasteiger partial charge on any atom is 0.573 e. The van der Waals surface area contributed by atoms with Gasteiger partial charge in [-0.1, -0.05) is 48.9 Å². The quantitative estimate of drug-likeness (QED) is 0.216. The van der Waals surface area contributed by atoms with Gasteiger partial charge in [0.05, 0.1) is 5.69 Å². The Hall–Kier alpha value is -4.67. The number of aromatic nitrogens is 3. The Labute approximate surface area is 261 Å². The number of nitrogens with zero attached hydrogens (tertiary/aromatic N) is 5. The number of piperidine rings is 1. The summed E-state index contributed by atoms with van der Waals surface area (Å²) >= 11 is 0. The highest BCUT2D eigenvalue weighted by molar-refractivity contribution is 6.05. The molecule has 236 valence electrons. The molecule has 1 aromatic heterocycles. The number of alkyl halides is 3. The first kappa shape index (κ1) is 31.7.